The molecule has 0 saturated carbocycles. The molecule has 3 rings (SSSR count). The van der Waals surface area contributed by atoms with E-state index in [0.717, 1.165) is 15.5 Å². The van der Waals surface area contributed by atoms with Crippen LogP contribution in [-0.4, -0.2) is 32.3 Å². The third-order valence-electron chi connectivity index (χ3n) is 2.87. The van der Waals surface area contributed by atoms with Gasteiger partial charge in [0, 0.05) is 18.0 Å². The van der Waals surface area contributed by atoms with Gasteiger partial charge in [-0.2, -0.15) is 9.61 Å². The average molecular weight is 322 g/mol. The predicted molar refractivity (Wildman–Crippen MR) is 80.5 cm³/mol. The van der Waals surface area contributed by atoms with E-state index in [-0.39, 0.29) is 5.91 Å². The zero-order chi connectivity index (χ0) is 14.7. The molecule has 0 aliphatic carbocycles. The lowest BCUT2D eigenvalue weighted by Gasteiger charge is -2.04. The molecule has 0 bridgehead atoms. The van der Waals surface area contributed by atoms with Crippen molar-refractivity contribution in [1.29, 1.82) is 0 Å². The molecular formula is C13H12ClN5OS. The molecule has 0 fully saturated rings. The van der Waals surface area contributed by atoms with Gasteiger partial charge in [-0.3, -0.25) is 4.79 Å². The van der Waals surface area contributed by atoms with Crippen LogP contribution in [0.1, 0.15) is 10.6 Å². The minimum atomic E-state index is -0.0136. The Balaban J connectivity index is 1.47. The van der Waals surface area contributed by atoms with Gasteiger partial charge in [-0.1, -0.05) is 35.1 Å². The van der Waals surface area contributed by atoms with E-state index in [1.54, 1.807) is 23.0 Å². The molecule has 21 heavy (non-hydrogen) atoms. The fourth-order valence-electron chi connectivity index (χ4n) is 1.86. The highest BCUT2D eigenvalue weighted by molar-refractivity contribution is 7.16. The summed E-state index contributed by atoms with van der Waals surface area (Å²) in [7, 11) is 0. The van der Waals surface area contributed by atoms with E-state index in [1.807, 2.05) is 12.1 Å². The quantitative estimate of drug-likeness (QED) is 0.777. The van der Waals surface area contributed by atoms with Crippen LogP contribution in [0, 0.1) is 0 Å². The third-order valence-corrected chi connectivity index (χ3v) is 4.09. The van der Waals surface area contributed by atoms with Gasteiger partial charge in [-0.05, 0) is 17.7 Å². The number of rotatable bonds is 5. The number of halogens is 1. The van der Waals surface area contributed by atoms with Crippen LogP contribution in [0.5, 0.6) is 0 Å². The molecule has 1 aromatic carbocycles. The molecule has 0 unspecified atom stereocenters. The standard InChI is InChI=1S/C13H12ClN5OS/c14-10-3-1-9(2-4-10)7-11(20)15-6-5-12-18-19-8-16-17-13(19)21-12/h1-4,8H,5-7H2,(H,15,20). The van der Waals surface area contributed by atoms with Gasteiger partial charge < -0.3 is 5.32 Å². The maximum absolute atomic E-state index is 11.8. The van der Waals surface area contributed by atoms with Gasteiger partial charge in [-0.15, -0.1) is 10.2 Å². The summed E-state index contributed by atoms with van der Waals surface area (Å²) in [6, 6.07) is 7.27. The number of fused-ring (bicyclic) bond motifs is 1. The summed E-state index contributed by atoms with van der Waals surface area (Å²) in [5.74, 6) is -0.0136. The Kier molecular flexibility index (Phi) is 4.12. The molecule has 0 radical (unpaired) electrons. The van der Waals surface area contributed by atoms with Crippen LogP contribution in [0.4, 0.5) is 0 Å². The van der Waals surface area contributed by atoms with E-state index in [9.17, 15) is 4.79 Å². The summed E-state index contributed by atoms with van der Waals surface area (Å²) < 4.78 is 1.63. The van der Waals surface area contributed by atoms with E-state index in [2.05, 4.69) is 20.6 Å². The average Bonchev–Trinajstić information content (AvgIpc) is 3.02. The molecule has 108 valence electrons. The van der Waals surface area contributed by atoms with Gasteiger partial charge in [0.1, 0.15) is 11.3 Å². The molecule has 0 aliphatic rings. The minimum absolute atomic E-state index is 0.0136. The Hall–Kier alpha value is -1.99. The van der Waals surface area contributed by atoms with Crippen molar-refractivity contribution < 1.29 is 4.79 Å². The van der Waals surface area contributed by atoms with Crippen LogP contribution in [-0.2, 0) is 17.6 Å². The molecule has 0 aliphatic heterocycles. The van der Waals surface area contributed by atoms with E-state index in [0.29, 0.717) is 24.4 Å². The smallest absolute Gasteiger partial charge is 0.234 e. The lowest BCUT2D eigenvalue weighted by molar-refractivity contribution is -0.120. The summed E-state index contributed by atoms with van der Waals surface area (Å²) in [4.78, 5) is 12.6. The Morgan fingerprint density at radius 2 is 2.14 bits per heavy atom. The van der Waals surface area contributed by atoms with Crippen LogP contribution < -0.4 is 5.32 Å². The van der Waals surface area contributed by atoms with Crippen molar-refractivity contribution in [2.45, 2.75) is 12.8 Å². The van der Waals surface area contributed by atoms with Crippen LogP contribution in [0.15, 0.2) is 30.6 Å². The first-order valence-corrected chi connectivity index (χ1v) is 7.57. The van der Waals surface area contributed by atoms with Crippen molar-refractivity contribution >= 4 is 33.8 Å². The van der Waals surface area contributed by atoms with Crippen molar-refractivity contribution in [2.24, 2.45) is 0 Å². The first-order chi connectivity index (χ1) is 10.2. The molecule has 0 spiro atoms. The molecule has 8 heteroatoms. The number of amides is 1. The van der Waals surface area contributed by atoms with Gasteiger partial charge in [-0.25, -0.2) is 0 Å². The lowest BCUT2D eigenvalue weighted by atomic mass is 10.1. The van der Waals surface area contributed by atoms with Gasteiger partial charge in [0.2, 0.25) is 10.9 Å². The van der Waals surface area contributed by atoms with Crippen LogP contribution in [0.2, 0.25) is 5.02 Å². The zero-order valence-corrected chi connectivity index (χ0v) is 12.6. The van der Waals surface area contributed by atoms with E-state index in [1.165, 1.54) is 11.3 Å². The Labute approximate surface area is 129 Å². The molecule has 6 nitrogen and oxygen atoms in total. The SMILES string of the molecule is O=C(Cc1ccc(Cl)cc1)NCCc1nn2cnnc2s1. The maximum Gasteiger partial charge on any atom is 0.234 e. The maximum atomic E-state index is 11.8. The Morgan fingerprint density at radius 3 is 2.90 bits per heavy atom. The number of hydrogen-bond acceptors (Lipinski definition) is 5. The monoisotopic (exact) mass is 321 g/mol. The molecule has 1 N–H and O–H groups in total. The topological polar surface area (TPSA) is 72.2 Å². The molecule has 2 heterocycles. The van der Waals surface area contributed by atoms with E-state index < -0.39 is 0 Å². The van der Waals surface area contributed by atoms with E-state index >= 15 is 0 Å². The Morgan fingerprint density at radius 1 is 1.33 bits per heavy atom. The summed E-state index contributed by atoms with van der Waals surface area (Å²) >= 11 is 7.28. The summed E-state index contributed by atoms with van der Waals surface area (Å²) in [5.41, 5.74) is 0.940. The first-order valence-electron chi connectivity index (χ1n) is 6.37. The molecule has 1 amide bonds. The number of carbonyl (C=O) groups excluding carboxylic acids is 1. The third kappa shape index (κ3) is 3.56. The zero-order valence-electron chi connectivity index (χ0n) is 11.0. The highest BCUT2D eigenvalue weighted by Gasteiger charge is 2.07. The van der Waals surface area contributed by atoms with Crippen LogP contribution in [0.3, 0.4) is 0 Å². The van der Waals surface area contributed by atoms with Gasteiger partial charge in [0.15, 0.2) is 0 Å². The number of nitrogens with one attached hydrogen (secondary N) is 1. The summed E-state index contributed by atoms with van der Waals surface area (Å²) in [6.45, 7) is 0.552. The fourth-order valence-corrected chi connectivity index (χ4v) is 2.80. The second-order valence-electron chi connectivity index (χ2n) is 4.46. The second kappa shape index (κ2) is 6.19. The molecule has 2 aromatic heterocycles. The van der Waals surface area contributed by atoms with Crippen LogP contribution >= 0.6 is 22.9 Å². The summed E-state index contributed by atoms with van der Waals surface area (Å²) in [6.07, 6.45) is 2.59. The fraction of sp³-hybridized carbons (Fsp3) is 0.231. The van der Waals surface area contributed by atoms with Crippen molar-refractivity contribution in [3.05, 3.63) is 46.2 Å². The van der Waals surface area contributed by atoms with Gasteiger partial charge in [0.25, 0.3) is 0 Å². The largest absolute Gasteiger partial charge is 0.355 e. The van der Waals surface area contributed by atoms with Crippen molar-refractivity contribution in [2.75, 3.05) is 6.54 Å². The van der Waals surface area contributed by atoms with Crippen molar-refractivity contribution in [3.8, 4) is 0 Å². The minimum Gasteiger partial charge on any atom is -0.355 e. The van der Waals surface area contributed by atoms with Gasteiger partial charge in [0.05, 0.1) is 6.42 Å². The predicted octanol–water partition coefficient (Wildman–Crippen LogP) is 1.74. The summed E-state index contributed by atoms with van der Waals surface area (Å²) in [5, 5.41) is 16.4. The highest BCUT2D eigenvalue weighted by Crippen LogP contribution is 2.12. The number of aromatic nitrogens is 4. The molecule has 0 atom stereocenters. The van der Waals surface area contributed by atoms with Crippen LogP contribution in [0.25, 0.3) is 4.96 Å². The van der Waals surface area contributed by atoms with Crippen molar-refractivity contribution in [1.82, 2.24) is 25.1 Å². The van der Waals surface area contributed by atoms with Gasteiger partial charge >= 0.3 is 0 Å². The molecular weight excluding hydrogens is 310 g/mol. The number of nitrogens with zero attached hydrogens (tertiary/aromatic N) is 4. The number of carbonyl (C=O) groups is 1. The normalized spacial score (nSPS) is 10.9. The van der Waals surface area contributed by atoms with Crippen molar-refractivity contribution in [3.63, 3.8) is 0 Å². The lowest BCUT2D eigenvalue weighted by Crippen LogP contribution is -2.27. The Bertz CT molecular complexity index is 723. The first kappa shape index (κ1) is 14.0. The van der Waals surface area contributed by atoms with E-state index in [4.69, 9.17) is 11.6 Å². The molecule has 0 saturated heterocycles. The number of benzene rings is 1. The second-order valence-corrected chi connectivity index (χ2v) is 5.93. The molecule has 3 aromatic rings. The highest BCUT2D eigenvalue weighted by atomic mass is 35.5. The number of hydrogen-bond donors (Lipinski definition) is 1.